The molecule has 0 saturated carbocycles. The predicted octanol–water partition coefficient (Wildman–Crippen LogP) is 2.12. The van der Waals surface area contributed by atoms with E-state index in [1.165, 1.54) is 5.56 Å². The van der Waals surface area contributed by atoms with Crippen LogP contribution in [0.15, 0.2) is 30.3 Å². The van der Waals surface area contributed by atoms with Gasteiger partial charge < -0.3 is 15.3 Å². The second-order valence-corrected chi connectivity index (χ2v) is 6.08. The van der Waals surface area contributed by atoms with Crippen LogP contribution in [0.1, 0.15) is 25.8 Å². The van der Waals surface area contributed by atoms with E-state index in [4.69, 9.17) is 5.11 Å². The number of nitrogens with zero attached hydrogens (tertiary/aromatic N) is 1. The fraction of sp³-hybridized carbons (Fsp3) is 0.625. The highest BCUT2D eigenvalue weighted by Crippen LogP contribution is 2.10. The van der Waals surface area contributed by atoms with Crippen LogP contribution in [0.25, 0.3) is 0 Å². The van der Waals surface area contributed by atoms with E-state index in [2.05, 4.69) is 61.4 Å². The second kappa shape index (κ2) is 8.31. The molecule has 0 aromatic heterocycles. The summed E-state index contributed by atoms with van der Waals surface area (Å²) >= 11 is 0. The van der Waals surface area contributed by atoms with Gasteiger partial charge in [0.25, 0.3) is 0 Å². The van der Waals surface area contributed by atoms with Crippen molar-refractivity contribution >= 4 is 0 Å². The lowest BCUT2D eigenvalue weighted by Gasteiger charge is -2.22. The van der Waals surface area contributed by atoms with Crippen molar-refractivity contribution in [3.63, 3.8) is 0 Å². The van der Waals surface area contributed by atoms with Gasteiger partial charge in [-0.3, -0.25) is 0 Å². The fourth-order valence-corrected chi connectivity index (χ4v) is 1.93. The first-order chi connectivity index (χ1) is 9.03. The largest absolute Gasteiger partial charge is 0.396 e. The summed E-state index contributed by atoms with van der Waals surface area (Å²) in [5.74, 6) is 0. The van der Waals surface area contributed by atoms with Crippen LogP contribution < -0.4 is 5.32 Å². The molecule has 1 aromatic rings. The monoisotopic (exact) mass is 264 g/mol. The van der Waals surface area contributed by atoms with Crippen molar-refractivity contribution in [3.05, 3.63) is 35.9 Å². The van der Waals surface area contributed by atoms with Crippen LogP contribution in [0.3, 0.4) is 0 Å². The Morgan fingerprint density at radius 3 is 2.53 bits per heavy atom. The van der Waals surface area contributed by atoms with Crippen LogP contribution in [0.4, 0.5) is 0 Å². The maximum absolute atomic E-state index is 9.15. The van der Waals surface area contributed by atoms with E-state index < -0.39 is 0 Å². The molecule has 0 saturated heterocycles. The molecule has 0 fully saturated rings. The molecule has 0 heterocycles. The fourth-order valence-electron chi connectivity index (χ4n) is 1.93. The predicted molar refractivity (Wildman–Crippen MR) is 81.1 cm³/mol. The summed E-state index contributed by atoms with van der Waals surface area (Å²) in [6.45, 7) is 8.33. The number of hydrogen-bond donors (Lipinski definition) is 2. The van der Waals surface area contributed by atoms with Crippen LogP contribution in [-0.4, -0.2) is 43.3 Å². The summed E-state index contributed by atoms with van der Waals surface area (Å²) in [5.41, 5.74) is 1.34. The third-order valence-electron chi connectivity index (χ3n) is 3.22. The van der Waals surface area contributed by atoms with E-state index >= 15 is 0 Å². The summed E-state index contributed by atoms with van der Waals surface area (Å²) in [5, 5.41) is 12.6. The third-order valence-corrected chi connectivity index (χ3v) is 3.22. The number of aliphatic hydroxyl groups excluding tert-OH is 1. The SMILES string of the molecule is CN(CCCNCC(C)(C)CO)Cc1ccccc1. The highest BCUT2D eigenvalue weighted by atomic mass is 16.3. The van der Waals surface area contributed by atoms with Crippen LogP contribution >= 0.6 is 0 Å². The van der Waals surface area contributed by atoms with Gasteiger partial charge in [-0.25, -0.2) is 0 Å². The molecule has 0 aliphatic carbocycles. The smallest absolute Gasteiger partial charge is 0.0494 e. The Bertz CT molecular complexity index is 338. The van der Waals surface area contributed by atoms with E-state index in [0.29, 0.717) is 0 Å². The molecule has 0 bridgehead atoms. The molecule has 1 rings (SSSR count). The zero-order valence-electron chi connectivity index (χ0n) is 12.5. The number of rotatable bonds is 9. The molecule has 3 heteroatoms. The zero-order chi connectivity index (χ0) is 14.1. The lowest BCUT2D eigenvalue weighted by molar-refractivity contribution is 0.156. The Kier molecular flexibility index (Phi) is 7.06. The Hall–Kier alpha value is -0.900. The van der Waals surface area contributed by atoms with Gasteiger partial charge in [0, 0.05) is 25.1 Å². The van der Waals surface area contributed by atoms with Crippen LogP contribution in [-0.2, 0) is 6.54 Å². The molecule has 108 valence electrons. The van der Waals surface area contributed by atoms with Crippen molar-refractivity contribution in [1.29, 1.82) is 0 Å². The maximum atomic E-state index is 9.15. The molecule has 0 amide bonds. The van der Waals surface area contributed by atoms with Gasteiger partial charge in [0.15, 0.2) is 0 Å². The van der Waals surface area contributed by atoms with Crippen LogP contribution in [0.5, 0.6) is 0 Å². The molecule has 0 atom stereocenters. The number of nitrogens with one attached hydrogen (secondary N) is 1. The topological polar surface area (TPSA) is 35.5 Å². The van der Waals surface area contributed by atoms with Gasteiger partial charge in [0.1, 0.15) is 0 Å². The third kappa shape index (κ3) is 7.31. The molecule has 1 aromatic carbocycles. The quantitative estimate of drug-likeness (QED) is 0.671. The van der Waals surface area contributed by atoms with Gasteiger partial charge >= 0.3 is 0 Å². The van der Waals surface area contributed by atoms with Crippen molar-refractivity contribution in [2.75, 3.05) is 33.3 Å². The Balaban J connectivity index is 2.09. The molecular weight excluding hydrogens is 236 g/mol. The number of benzene rings is 1. The van der Waals surface area contributed by atoms with Crippen molar-refractivity contribution < 1.29 is 5.11 Å². The first-order valence-electron chi connectivity index (χ1n) is 7.07. The standard InChI is InChI=1S/C16H28N2O/c1-16(2,14-19)13-17-10-7-11-18(3)12-15-8-5-4-6-9-15/h4-6,8-9,17,19H,7,10-14H2,1-3H3. The van der Waals surface area contributed by atoms with Crippen molar-refractivity contribution in [1.82, 2.24) is 10.2 Å². The molecule has 3 nitrogen and oxygen atoms in total. The summed E-state index contributed by atoms with van der Waals surface area (Å²) in [6.07, 6.45) is 1.13. The van der Waals surface area contributed by atoms with Crippen LogP contribution in [0.2, 0.25) is 0 Å². The maximum Gasteiger partial charge on any atom is 0.0494 e. The Morgan fingerprint density at radius 1 is 1.21 bits per heavy atom. The Morgan fingerprint density at radius 2 is 1.89 bits per heavy atom. The summed E-state index contributed by atoms with van der Waals surface area (Å²) in [7, 11) is 2.16. The molecule has 0 aliphatic heterocycles. The molecule has 0 radical (unpaired) electrons. The van der Waals surface area contributed by atoms with E-state index in [-0.39, 0.29) is 12.0 Å². The molecule has 0 aliphatic rings. The normalized spacial score (nSPS) is 12.1. The highest BCUT2D eigenvalue weighted by Gasteiger charge is 2.14. The number of aliphatic hydroxyl groups is 1. The second-order valence-electron chi connectivity index (χ2n) is 6.08. The van der Waals surface area contributed by atoms with Gasteiger partial charge in [0.2, 0.25) is 0 Å². The van der Waals surface area contributed by atoms with Gasteiger partial charge in [-0.1, -0.05) is 44.2 Å². The average molecular weight is 264 g/mol. The van der Waals surface area contributed by atoms with Crippen molar-refractivity contribution in [3.8, 4) is 0 Å². The first-order valence-corrected chi connectivity index (χ1v) is 7.07. The summed E-state index contributed by atoms with van der Waals surface area (Å²) in [4.78, 5) is 2.34. The minimum Gasteiger partial charge on any atom is -0.396 e. The number of hydrogen-bond acceptors (Lipinski definition) is 3. The van der Waals surface area contributed by atoms with E-state index in [1.807, 2.05) is 0 Å². The molecule has 2 N–H and O–H groups in total. The minimum absolute atomic E-state index is 0.0179. The summed E-state index contributed by atoms with van der Waals surface area (Å²) < 4.78 is 0. The van der Waals surface area contributed by atoms with Crippen LogP contribution in [0, 0.1) is 5.41 Å². The Labute approximate surface area is 117 Å². The summed E-state index contributed by atoms with van der Waals surface area (Å²) in [6, 6.07) is 10.6. The molecule has 0 unspecified atom stereocenters. The lowest BCUT2D eigenvalue weighted by atomic mass is 9.95. The van der Waals surface area contributed by atoms with Gasteiger partial charge in [0.05, 0.1) is 0 Å². The van der Waals surface area contributed by atoms with Gasteiger partial charge in [-0.15, -0.1) is 0 Å². The average Bonchev–Trinajstić information content (AvgIpc) is 2.39. The minimum atomic E-state index is -0.0179. The highest BCUT2D eigenvalue weighted by molar-refractivity contribution is 5.14. The molecule has 19 heavy (non-hydrogen) atoms. The zero-order valence-corrected chi connectivity index (χ0v) is 12.5. The molecular formula is C16H28N2O. The van der Waals surface area contributed by atoms with Gasteiger partial charge in [-0.05, 0) is 32.1 Å². The lowest BCUT2D eigenvalue weighted by Crippen LogP contribution is -2.33. The van der Waals surface area contributed by atoms with E-state index in [1.54, 1.807) is 0 Å². The van der Waals surface area contributed by atoms with E-state index in [0.717, 1.165) is 32.6 Å². The van der Waals surface area contributed by atoms with Crippen molar-refractivity contribution in [2.24, 2.45) is 5.41 Å². The van der Waals surface area contributed by atoms with Gasteiger partial charge in [-0.2, -0.15) is 0 Å². The van der Waals surface area contributed by atoms with Crippen molar-refractivity contribution in [2.45, 2.75) is 26.8 Å². The first kappa shape index (κ1) is 16.2. The molecule has 0 spiro atoms. The van der Waals surface area contributed by atoms with E-state index in [9.17, 15) is 0 Å².